The summed E-state index contributed by atoms with van der Waals surface area (Å²) in [6.07, 6.45) is 1.20. The van der Waals surface area contributed by atoms with Gasteiger partial charge in [0.1, 0.15) is 5.60 Å². The average Bonchev–Trinajstić information content (AvgIpc) is 3.06. The second-order valence-electron chi connectivity index (χ2n) is 6.65. The Balaban J connectivity index is 1.78. The summed E-state index contributed by atoms with van der Waals surface area (Å²) in [6.45, 7) is 0.0860. The molecule has 1 aliphatic rings. The number of benzene rings is 2. The summed E-state index contributed by atoms with van der Waals surface area (Å²) in [6, 6.07) is 8.59. The van der Waals surface area contributed by atoms with E-state index in [1.54, 1.807) is 38.5 Å². The number of ether oxygens (including phenoxy) is 4. The molecule has 0 saturated carbocycles. The van der Waals surface area contributed by atoms with Crippen molar-refractivity contribution in [3.8, 4) is 23.0 Å². The number of amides is 1. The first kappa shape index (κ1) is 19.8. The van der Waals surface area contributed by atoms with Gasteiger partial charge in [-0.1, -0.05) is 0 Å². The topological polar surface area (TPSA) is 86.3 Å². The van der Waals surface area contributed by atoms with E-state index in [9.17, 15) is 9.90 Å². The lowest BCUT2D eigenvalue weighted by Gasteiger charge is -2.25. The number of aliphatic hydroxyl groups is 1. The molecule has 3 rings (SSSR count). The van der Waals surface area contributed by atoms with Crippen LogP contribution in [-0.2, 0) is 12.0 Å². The zero-order valence-electron chi connectivity index (χ0n) is 16.5. The van der Waals surface area contributed by atoms with E-state index in [0.717, 1.165) is 11.1 Å². The molecule has 0 saturated heterocycles. The maximum Gasteiger partial charge on any atom is 0.251 e. The zero-order valence-corrected chi connectivity index (χ0v) is 16.5. The van der Waals surface area contributed by atoms with Crippen molar-refractivity contribution < 1.29 is 28.8 Å². The second-order valence-corrected chi connectivity index (χ2v) is 6.65. The SMILES string of the molecule is COc1ccc(C(=O)NCC2(O)CCc3cc(OC)c(OC)cc32)cc1OC. The molecule has 1 atom stereocenters. The summed E-state index contributed by atoms with van der Waals surface area (Å²) < 4.78 is 21.1. The van der Waals surface area contributed by atoms with Gasteiger partial charge in [-0.15, -0.1) is 0 Å². The van der Waals surface area contributed by atoms with Crippen molar-refractivity contribution in [2.24, 2.45) is 0 Å². The number of nitrogens with one attached hydrogen (secondary N) is 1. The molecular weight excluding hydrogens is 362 g/mol. The highest BCUT2D eigenvalue weighted by Gasteiger charge is 2.38. The lowest BCUT2D eigenvalue weighted by molar-refractivity contribution is 0.0368. The van der Waals surface area contributed by atoms with Gasteiger partial charge in [-0.25, -0.2) is 0 Å². The summed E-state index contributed by atoms with van der Waals surface area (Å²) in [4.78, 5) is 12.6. The summed E-state index contributed by atoms with van der Waals surface area (Å²) >= 11 is 0. The first-order chi connectivity index (χ1) is 13.5. The quantitative estimate of drug-likeness (QED) is 0.758. The number of methoxy groups -OCH3 is 4. The molecule has 7 nitrogen and oxygen atoms in total. The summed E-state index contributed by atoms with van der Waals surface area (Å²) in [5.74, 6) is 1.89. The van der Waals surface area contributed by atoms with Gasteiger partial charge < -0.3 is 29.4 Å². The van der Waals surface area contributed by atoms with Crippen LogP contribution in [0, 0.1) is 0 Å². The van der Waals surface area contributed by atoms with Gasteiger partial charge in [-0.2, -0.15) is 0 Å². The highest BCUT2D eigenvalue weighted by Crippen LogP contribution is 2.42. The third-order valence-corrected chi connectivity index (χ3v) is 5.11. The molecule has 0 heterocycles. The summed E-state index contributed by atoms with van der Waals surface area (Å²) in [5.41, 5.74) is 0.992. The molecule has 28 heavy (non-hydrogen) atoms. The number of hydrogen-bond donors (Lipinski definition) is 2. The first-order valence-electron chi connectivity index (χ1n) is 8.93. The molecule has 1 amide bonds. The number of hydrogen-bond acceptors (Lipinski definition) is 6. The molecule has 0 aromatic heterocycles. The molecule has 7 heteroatoms. The number of carbonyl (C=O) groups excluding carboxylic acids is 1. The van der Waals surface area contributed by atoms with Crippen molar-refractivity contribution in [3.63, 3.8) is 0 Å². The van der Waals surface area contributed by atoms with Gasteiger partial charge in [0.25, 0.3) is 5.91 Å². The van der Waals surface area contributed by atoms with Gasteiger partial charge in [0.05, 0.1) is 35.0 Å². The number of fused-ring (bicyclic) bond motifs is 1. The fraction of sp³-hybridized carbons (Fsp3) is 0.381. The number of rotatable bonds is 7. The monoisotopic (exact) mass is 387 g/mol. The molecular formula is C21H25NO6. The van der Waals surface area contributed by atoms with Crippen molar-refractivity contribution in [2.45, 2.75) is 18.4 Å². The molecule has 0 radical (unpaired) electrons. The Bertz CT molecular complexity index is 881. The van der Waals surface area contributed by atoms with Crippen molar-refractivity contribution in [1.82, 2.24) is 5.32 Å². The maximum atomic E-state index is 12.6. The van der Waals surface area contributed by atoms with Crippen LogP contribution in [0.3, 0.4) is 0 Å². The van der Waals surface area contributed by atoms with Gasteiger partial charge in [-0.05, 0) is 54.3 Å². The van der Waals surface area contributed by atoms with Crippen LogP contribution in [0.15, 0.2) is 30.3 Å². The van der Waals surface area contributed by atoms with E-state index >= 15 is 0 Å². The molecule has 2 N–H and O–H groups in total. The van der Waals surface area contributed by atoms with E-state index < -0.39 is 5.60 Å². The zero-order chi connectivity index (χ0) is 20.3. The summed E-state index contributed by atoms with van der Waals surface area (Å²) in [7, 11) is 6.18. The Labute approximate surface area is 164 Å². The predicted molar refractivity (Wildman–Crippen MR) is 104 cm³/mol. The molecule has 2 aromatic carbocycles. The van der Waals surface area contributed by atoms with Gasteiger partial charge in [0, 0.05) is 5.56 Å². The highest BCUT2D eigenvalue weighted by molar-refractivity contribution is 5.95. The fourth-order valence-electron chi connectivity index (χ4n) is 3.53. The van der Waals surface area contributed by atoms with Crippen LogP contribution >= 0.6 is 0 Å². The van der Waals surface area contributed by atoms with Crippen molar-refractivity contribution >= 4 is 5.91 Å². The Morgan fingerprint density at radius 1 is 0.964 bits per heavy atom. The van der Waals surface area contributed by atoms with Crippen LogP contribution in [0.5, 0.6) is 23.0 Å². The van der Waals surface area contributed by atoms with Gasteiger partial charge in [0.2, 0.25) is 0 Å². The fourth-order valence-corrected chi connectivity index (χ4v) is 3.53. The normalized spacial score (nSPS) is 17.6. The van der Waals surface area contributed by atoms with Crippen molar-refractivity contribution in [2.75, 3.05) is 35.0 Å². The smallest absolute Gasteiger partial charge is 0.251 e. The Hall–Kier alpha value is -2.93. The highest BCUT2D eigenvalue weighted by atomic mass is 16.5. The van der Waals surface area contributed by atoms with Crippen LogP contribution < -0.4 is 24.3 Å². The van der Waals surface area contributed by atoms with E-state index in [2.05, 4.69) is 5.32 Å². The largest absolute Gasteiger partial charge is 0.493 e. The average molecular weight is 387 g/mol. The van der Waals surface area contributed by atoms with E-state index in [0.29, 0.717) is 41.4 Å². The molecule has 150 valence electrons. The van der Waals surface area contributed by atoms with Crippen LogP contribution in [-0.4, -0.2) is 46.0 Å². The number of aryl methyl sites for hydroxylation is 1. The molecule has 0 aliphatic heterocycles. The molecule has 2 aromatic rings. The third-order valence-electron chi connectivity index (χ3n) is 5.11. The minimum Gasteiger partial charge on any atom is -0.493 e. The van der Waals surface area contributed by atoms with Gasteiger partial charge in [-0.3, -0.25) is 4.79 Å². The lowest BCUT2D eigenvalue weighted by atomic mass is 9.95. The van der Waals surface area contributed by atoms with Crippen molar-refractivity contribution in [1.29, 1.82) is 0 Å². The maximum absolute atomic E-state index is 12.6. The number of carbonyl (C=O) groups is 1. The van der Waals surface area contributed by atoms with Crippen LogP contribution in [0.4, 0.5) is 0 Å². The first-order valence-corrected chi connectivity index (χ1v) is 8.93. The minimum atomic E-state index is -1.17. The minimum absolute atomic E-state index is 0.0860. The lowest BCUT2D eigenvalue weighted by Crippen LogP contribution is -2.39. The van der Waals surface area contributed by atoms with E-state index in [1.165, 1.54) is 14.2 Å². The molecule has 1 unspecified atom stereocenters. The van der Waals surface area contributed by atoms with Crippen LogP contribution in [0.1, 0.15) is 27.9 Å². The van der Waals surface area contributed by atoms with Crippen molar-refractivity contribution in [3.05, 3.63) is 47.0 Å². The van der Waals surface area contributed by atoms with Crippen LogP contribution in [0.25, 0.3) is 0 Å². The second kappa shape index (κ2) is 7.98. The standard InChI is InChI=1S/C21H25NO6/c1-25-16-6-5-14(10-17(16)26-2)20(23)22-12-21(24)8-7-13-9-18(27-3)19(28-4)11-15(13)21/h5-6,9-11,24H,7-8,12H2,1-4H3,(H,22,23). The predicted octanol–water partition coefficient (Wildman–Crippen LogP) is 2.28. The van der Waals surface area contributed by atoms with E-state index in [4.69, 9.17) is 18.9 Å². The van der Waals surface area contributed by atoms with E-state index in [1.807, 2.05) is 6.07 Å². The molecule has 0 spiro atoms. The van der Waals surface area contributed by atoms with E-state index in [-0.39, 0.29) is 12.5 Å². The third kappa shape index (κ3) is 3.57. The molecule has 0 fully saturated rings. The van der Waals surface area contributed by atoms with Gasteiger partial charge in [0.15, 0.2) is 23.0 Å². The Kier molecular flexibility index (Phi) is 5.65. The van der Waals surface area contributed by atoms with Gasteiger partial charge >= 0.3 is 0 Å². The molecule has 1 aliphatic carbocycles. The Morgan fingerprint density at radius 2 is 1.57 bits per heavy atom. The van der Waals surface area contributed by atoms with Crippen LogP contribution in [0.2, 0.25) is 0 Å². The molecule has 0 bridgehead atoms. The summed E-state index contributed by atoms with van der Waals surface area (Å²) in [5, 5.41) is 14.0. The Morgan fingerprint density at radius 3 is 2.21 bits per heavy atom.